The Kier molecular flexibility index (Phi) is 19.1. The van der Waals surface area contributed by atoms with Crippen LogP contribution in [0.25, 0.3) is 0 Å². The van der Waals surface area contributed by atoms with Crippen LogP contribution in [0.15, 0.2) is 71.4 Å². The van der Waals surface area contributed by atoms with Crippen molar-refractivity contribution in [3.63, 3.8) is 0 Å². The Morgan fingerprint density at radius 1 is 0.545 bits per heavy atom. The molecular formula is C39H54Cl3SiTi-. The molecule has 0 saturated carbocycles. The first-order valence-corrected chi connectivity index (χ1v) is 18.1. The Morgan fingerprint density at radius 3 is 1.09 bits per heavy atom. The minimum atomic E-state index is -2.66. The summed E-state index contributed by atoms with van der Waals surface area (Å²) in [6, 6.07) is 22.9. The van der Waals surface area contributed by atoms with E-state index in [1.165, 1.54) is 39.0 Å². The minimum absolute atomic E-state index is 0. The maximum absolute atomic E-state index is 3.90. The zero-order valence-electron chi connectivity index (χ0n) is 28.2. The molecule has 3 aromatic rings. The summed E-state index contributed by atoms with van der Waals surface area (Å²) in [5, 5.41) is 6.28. The van der Waals surface area contributed by atoms with Crippen molar-refractivity contribution in [1.82, 2.24) is 0 Å². The third-order valence-electron chi connectivity index (χ3n) is 9.30. The number of aryl methyl sites for hydroxylation is 6. The first-order valence-electron chi connectivity index (χ1n) is 16.1. The van der Waals surface area contributed by atoms with E-state index in [1.807, 2.05) is 0 Å². The molecule has 0 radical (unpaired) electrons. The van der Waals surface area contributed by atoms with Gasteiger partial charge in [-0.15, -0.1) is 43.6 Å². The molecule has 0 nitrogen and oxygen atoms in total. The standard InChI is InChI=1S/C39H51Si.3ClH.Ti/c1-9-28(8)38-17-16-18-39(38)40(35-22-29(10-2)19-30(11-3)23-35,36-24-31(12-4)20-32(13-5)25-36)37-26-33(14-6)21-34(15-7)27-37;;;;/h18-28H,9-16H2,1-8H3;3*1H;/q-1;;;;. The summed E-state index contributed by atoms with van der Waals surface area (Å²) in [5.41, 5.74) is 10.3. The van der Waals surface area contributed by atoms with Crippen LogP contribution in [0.3, 0.4) is 0 Å². The Balaban J connectivity index is 0.00000462. The van der Waals surface area contributed by atoms with E-state index in [-0.39, 0.29) is 58.9 Å². The molecule has 4 rings (SSSR count). The first-order chi connectivity index (χ1) is 19.4. The predicted molar refractivity (Wildman–Crippen MR) is 201 cm³/mol. The molecule has 1 aliphatic rings. The summed E-state index contributed by atoms with van der Waals surface area (Å²) in [6.45, 7) is 18.6. The van der Waals surface area contributed by atoms with Crippen LogP contribution in [-0.2, 0) is 60.2 Å². The van der Waals surface area contributed by atoms with Crippen LogP contribution in [0.2, 0.25) is 0 Å². The van der Waals surface area contributed by atoms with Crippen molar-refractivity contribution in [1.29, 1.82) is 0 Å². The molecular weight excluding hydrogens is 651 g/mol. The molecule has 0 amide bonds. The van der Waals surface area contributed by atoms with E-state index in [9.17, 15) is 0 Å². The van der Waals surface area contributed by atoms with E-state index in [4.69, 9.17) is 0 Å². The molecule has 0 aliphatic heterocycles. The maximum Gasteiger partial charge on any atom is 0.0994 e. The molecule has 1 unspecified atom stereocenters. The summed E-state index contributed by atoms with van der Waals surface area (Å²) < 4.78 is 0. The minimum Gasteiger partial charge on any atom is -0.269 e. The second-order valence-corrected chi connectivity index (χ2v) is 15.5. The molecule has 0 heterocycles. The number of hydrogen-bond acceptors (Lipinski definition) is 0. The quantitative estimate of drug-likeness (QED) is 0.100. The van der Waals surface area contributed by atoms with E-state index >= 15 is 0 Å². The summed E-state index contributed by atoms with van der Waals surface area (Å²) in [4.78, 5) is 0. The van der Waals surface area contributed by atoms with Crippen molar-refractivity contribution >= 4 is 60.9 Å². The van der Waals surface area contributed by atoms with Gasteiger partial charge in [-0.25, -0.2) is 5.57 Å². The van der Waals surface area contributed by atoms with Crippen molar-refractivity contribution < 1.29 is 21.7 Å². The summed E-state index contributed by atoms with van der Waals surface area (Å²) >= 11 is 0. The van der Waals surface area contributed by atoms with Gasteiger partial charge >= 0.3 is 0 Å². The van der Waals surface area contributed by atoms with Gasteiger partial charge in [0.25, 0.3) is 0 Å². The molecule has 0 spiro atoms. The van der Waals surface area contributed by atoms with Gasteiger partial charge in [-0.2, -0.15) is 11.3 Å². The fourth-order valence-electron chi connectivity index (χ4n) is 6.60. The largest absolute Gasteiger partial charge is 0.269 e. The zero-order chi connectivity index (χ0) is 28.9. The monoisotopic (exact) mass is 703 g/mol. The first kappa shape index (κ1) is 42.9. The molecule has 0 bridgehead atoms. The van der Waals surface area contributed by atoms with Crippen molar-refractivity contribution in [2.75, 3.05) is 0 Å². The van der Waals surface area contributed by atoms with Crippen molar-refractivity contribution in [2.24, 2.45) is 5.92 Å². The van der Waals surface area contributed by atoms with E-state index in [0.29, 0.717) is 5.92 Å². The summed E-state index contributed by atoms with van der Waals surface area (Å²) in [6.07, 6.45) is 14.9. The van der Waals surface area contributed by atoms with Gasteiger partial charge in [-0.1, -0.05) is 138 Å². The summed E-state index contributed by atoms with van der Waals surface area (Å²) in [5.74, 6) is 0.501. The van der Waals surface area contributed by atoms with Crippen LogP contribution < -0.4 is 15.6 Å². The fraction of sp³-hybridized carbons (Fsp3) is 0.436. The van der Waals surface area contributed by atoms with Crippen LogP contribution in [0.5, 0.6) is 0 Å². The molecule has 240 valence electrons. The molecule has 0 aromatic heterocycles. The van der Waals surface area contributed by atoms with Gasteiger partial charge in [0.1, 0.15) is 0 Å². The predicted octanol–water partition coefficient (Wildman–Crippen LogP) is 9.44. The van der Waals surface area contributed by atoms with Crippen molar-refractivity contribution in [3.8, 4) is 0 Å². The average Bonchev–Trinajstić information content (AvgIpc) is 3.50. The fourth-order valence-corrected chi connectivity index (χ4v) is 12.1. The van der Waals surface area contributed by atoms with Gasteiger partial charge in [0.15, 0.2) is 0 Å². The van der Waals surface area contributed by atoms with Crippen LogP contribution in [0.4, 0.5) is 0 Å². The van der Waals surface area contributed by atoms with E-state index < -0.39 is 8.07 Å². The van der Waals surface area contributed by atoms with Crippen molar-refractivity contribution in [3.05, 3.63) is 111 Å². The smallest absolute Gasteiger partial charge is 0.0994 e. The number of halogens is 3. The van der Waals surface area contributed by atoms with Crippen LogP contribution in [0.1, 0.15) is 102 Å². The molecule has 0 N–H and O–H groups in total. The van der Waals surface area contributed by atoms with Crippen molar-refractivity contribution in [2.45, 2.75) is 107 Å². The van der Waals surface area contributed by atoms with Gasteiger partial charge in [0.05, 0.1) is 8.07 Å². The third-order valence-corrected chi connectivity index (χ3v) is 14.0. The van der Waals surface area contributed by atoms with Gasteiger partial charge in [-0.05, 0) is 71.9 Å². The van der Waals surface area contributed by atoms with Gasteiger partial charge < -0.3 is 0 Å². The zero-order valence-corrected chi connectivity index (χ0v) is 33.2. The van der Waals surface area contributed by atoms with Crippen LogP contribution >= 0.6 is 37.2 Å². The maximum atomic E-state index is 3.90. The van der Waals surface area contributed by atoms with Gasteiger partial charge in [-0.3, -0.25) is 6.08 Å². The number of rotatable bonds is 12. The van der Waals surface area contributed by atoms with Crippen LogP contribution in [0, 0.1) is 12.0 Å². The molecule has 1 atom stereocenters. The topological polar surface area (TPSA) is 0 Å². The molecule has 5 heteroatoms. The molecule has 1 aliphatic carbocycles. The SMILES string of the molecule is CCc1cc(CC)cc([Si](C2=CC[C-]=C2C(C)CC)(c2cc(CC)cc(CC)c2)c2cc(CC)cc(CC)c2)c1.Cl.Cl.Cl.[Ti]. The Labute approximate surface area is 304 Å². The number of hydrogen-bond donors (Lipinski definition) is 0. The van der Waals surface area contributed by atoms with E-state index in [2.05, 4.69) is 122 Å². The van der Waals surface area contributed by atoms with Gasteiger partial charge in [0, 0.05) is 21.7 Å². The Bertz CT molecular complexity index is 1210. The summed E-state index contributed by atoms with van der Waals surface area (Å²) in [7, 11) is -2.66. The Morgan fingerprint density at radius 2 is 0.841 bits per heavy atom. The molecule has 0 fully saturated rings. The third kappa shape index (κ3) is 8.64. The normalized spacial score (nSPS) is 13.0. The van der Waals surface area contributed by atoms with Crippen LogP contribution in [-0.4, -0.2) is 8.07 Å². The Hall–Kier alpha value is -1.06. The second-order valence-electron chi connectivity index (χ2n) is 11.7. The van der Waals surface area contributed by atoms with E-state index in [0.717, 1.165) is 51.4 Å². The average molecular weight is 705 g/mol. The van der Waals surface area contributed by atoms with E-state index in [1.54, 1.807) is 20.8 Å². The van der Waals surface area contributed by atoms with Gasteiger partial charge in [0.2, 0.25) is 0 Å². The molecule has 44 heavy (non-hydrogen) atoms. The molecule has 0 saturated heterocycles. The second kappa shape index (κ2) is 19.6. The molecule has 3 aromatic carbocycles. The number of allylic oxidation sites excluding steroid dienone is 4. The number of benzene rings is 3.